The molecule has 18 heavy (non-hydrogen) atoms. The molecule has 0 heterocycles. The highest BCUT2D eigenvalue weighted by Crippen LogP contribution is 2.40. The molecule has 0 aliphatic heterocycles. The van der Waals surface area contributed by atoms with Crippen LogP contribution in [0.3, 0.4) is 0 Å². The van der Waals surface area contributed by atoms with Crippen molar-refractivity contribution in [1.29, 1.82) is 0 Å². The van der Waals surface area contributed by atoms with Crippen molar-refractivity contribution in [1.82, 2.24) is 0 Å². The minimum Gasteiger partial charge on any atom is -0.503 e. The molecule has 100 valence electrons. The zero-order chi connectivity index (χ0) is 13.1. The van der Waals surface area contributed by atoms with Crippen molar-refractivity contribution >= 4 is 0 Å². The fourth-order valence-corrected chi connectivity index (χ4v) is 3.04. The molecule has 0 aromatic heterocycles. The van der Waals surface area contributed by atoms with E-state index in [1.165, 1.54) is 18.9 Å². The van der Waals surface area contributed by atoms with Gasteiger partial charge in [0, 0.05) is 0 Å². The van der Waals surface area contributed by atoms with E-state index in [-0.39, 0.29) is 5.92 Å². The third-order valence-corrected chi connectivity index (χ3v) is 4.08. The maximum atomic E-state index is 13.8. The maximum Gasteiger partial charge on any atom is 0.188 e. The standard InChI is InChI=1S/C15H20F2O/c1-2-3-10-4-6-11(7-5-10)12-8-9-13(16)15(18)14(12)17/h8-11,18H,2-7H2,1H3. The second-order valence-electron chi connectivity index (χ2n) is 5.31. The van der Waals surface area contributed by atoms with Crippen LogP contribution in [-0.2, 0) is 0 Å². The molecule has 0 bridgehead atoms. The molecule has 0 radical (unpaired) electrons. The Morgan fingerprint density at radius 1 is 1.17 bits per heavy atom. The lowest BCUT2D eigenvalue weighted by Gasteiger charge is -2.28. The summed E-state index contributed by atoms with van der Waals surface area (Å²) in [5.41, 5.74) is 0.476. The average molecular weight is 254 g/mol. The molecule has 1 nitrogen and oxygen atoms in total. The molecule has 0 atom stereocenters. The second-order valence-corrected chi connectivity index (χ2v) is 5.31. The van der Waals surface area contributed by atoms with E-state index in [0.717, 1.165) is 37.7 Å². The van der Waals surface area contributed by atoms with Gasteiger partial charge in [0.2, 0.25) is 0 Å². The monoisotopic (exact) mass is 254 g/mol. The highest BCUT2D eigenvalue weighted by Gasteiger charge is 2.25. The van der Waals surface area contributed by atoms with E-state index in [2.05, 4.69) is 6.92 Å². The van der Waals surface area contributed by atoms with Crippen molar-refractivity contribution in [3.8, 4) is 5.75 Å². The first-order valence-electron chi connectivity index (χ1n) is 6.80. The van der Waals surface area contributed by atoms with Gasteiger partial charge >= 0.3 is 0 Å². The van der Waals surface area contributed by atoms with Gasteiger partial charge < -0.3 is 5.11 Å². The average Bonchev–Trinajstić information content (AvgIpc) is 2.38. The summed E-state index contributed by atoms with van der Waals surface area (Å²) in [5.74, 6) is -1.60. The molecule has 2 rings (SSSR count). The smallest absolute Gasteiger partial charge is 0.188 e. The number of aromatic hydroxyl groups is 1. The van der Waals surface area contributed by atoms with Crippen LogP contribution in [0.4, 0.5) is 8.78 Å². The van der Waals surface area contributed by atoms with E-state index in [1.807, 2.05) is 0 Å². The highest BCUT2D eigenvalue weighted by atomic mass is 19.1. The molecule has 0 spiro atoms. The Morgan fingerprint density at radius 3 is 2.44 bits per heavy atom. The van der Waals surface area contributed by atoms with Crippen molar-refractivity contribution < 1.29 is 13.9 Å². The molecule has 3 heteroatoms. The van der Waals surface area contributed by atoms with E-state index in [9.17, 15) is 13.9 Å². The number of rotatable bonds is 3. The molecule has 1 aliphatic carbocycles. The molecule has 1 N–H and O–H groups in total. The van der Waals surface area contributed by atoms with E-state index in [1.54, 1.807) is 0 Å². The first kappa shape index (κ1) is 13.3. The minimum atomic E-state index is -0.879. The summed E-state index contributed by atoms with van der Waals surface area (Å²) in [6.45, 7) is 2.18. The van der Waals surface area contributed by atoms with Crippen LogP contribution >= 0.6 is 0 Å². The Bertz CT molecular complexity index is 409. The normalized spacial score (nSPS) is 24.2. The van der Waals surface area contributed by atoms with Crippen molar-refractivity contribution in [3.63, 3.8) is 0 Å². The summed E-state index contributed by atoms with van der Waals surface area (Å²) in [4.78, 5) is 0. The van der Waals surface area contributed by atoms with Gasteiger partial charge in [-0.15, -0.1) is 0 Å². The van der Waals surface area contributed by atoms with Gasteiger partial charge in [0.15, 0.2) is 17.4 Å². The van der Waals surface area contributed by atoms with Crippen LogP contribution in [-0.4, -0.2) is 5.11 Å². The number of phenolic OH excluding ortho intramolecular Hbond substituents is 1. The lowest BCUT2D eigenvalue weighted by atomic mass is 9.77. The fraction of sp³-hybridized carbons (Fsp3) is 0.600. The molecule has 1 aromatic carbocycles. The zero-order valence-electron chi connectivity index (χ0n) is 10.8. The summed E-state index contributed by atoms with van der Waals surface area (Å²) in [6.07, 6.45) is 6.52. The van der Waals surface area contributed by atoms with Crippen LogP contribution in [0.1, 0.15) is 56.9 Å². The predicted octanol–water partition coefficient (Wildman–Crippen LogP) is 4.74. The molecule has 1 fully saturated rings. The predicted molar refractivity (Wildman–Crippen MR) is 67.6 cm³/mol. The van der Waals surface area contributed by atoms with Crippen molar-refractivity contribution in [2.75, 3.05) is 0 Å². The van der Waals surface area contributed by atoms with Gasteiger partial charge in [0.1, 0.15) is 0 Å². The third kappa shape index (κ3) is 2.65. The van der Waals surface area contributed by atoms with Gasteiger partial charge in [-0.1, -0.05) is 25.8 Å². The van der Waals surface area contributed by atoms with Gasteiger partial charge in [-0.3, -0.25) is 0 Å². The molecule has 1 aromatic rings. The van der Waals surface area contributed by atoms with E-state index >= 15 is 0 Å². The van der Waals surface area contributed by atoms with Crippen LogP contribution in [0.2, 0.25) is 0 Å². The topological polar surface area (TPSA) is 20.2 Å². The van der Waals surface area contributed by atoms with Gasteiger partial charge in [-0.25, -0.2) is 8.78 Å². The maximum absolute atomic E-state index is 13.8. The lowest BCUT2D eigenvalue weighted by Crippen LogP contribution is -2.14. The number of hydrogen-bond acceptors (Lipinski definition) is 1. The van der Waals surface area contributed by atoms with Crippen molar-refractivity contribution in [2.24, 2.45) is 5.92 Å². The second kappa shape index (κ2) is 5.68. The van der Waals surface area contributed by atoms with Crippen LogP contribution in [0.5, 0.6) is 5.75 Å². The van der Waals surface area contributed by atoms with Crippen LogP contribution < -0.4 is 0 Å². The largest absolute Gasteiger partial charge is 0.503 e. The van der Waals surface area contributed by atoms with Crippen LogP contribution in [0.25, 0.3) is 0 Å². The van der Waals surface area contributed by atoms with Crippen molar-refractivity contribution in [2.45, 2.75) is 51.4 Å². The minimum absolute atomic E-state index is 0.129. The number of hydrogen-bond donors (Lipinski definition) is 1. The summed E-state index contributed by atoms with van der Waals surface area (Å²) in [5, 5.41) is 9.30. The summed E-state index contributed by atoms with van der Waals surface area (Å²) < 4.78 is 26.8. The van der Waals surface area contributed by atoms with Gasteiger partial charge in [-0.05, 0) is 49.1 Å². The van der Waals surface area contributed by atoms with Gasteiger partial charge in [-0.2, -0.15) is 0 Å². The van der Waals surface area contributed by atoms with E-state index in [4.69, 9.17) is 0 Å². The zero-order valence-corrected chi connectivity index (χ0v) is 10.8. The Hall–Kier alpha value is -1.12. The Kier molecular flexibility index (Phi) is 4.20. The van der Waals surface area contributed by atoms with E-state index in [0.29, 0.717) is 5.56 Å². The van der Waals surface area contributed by atoms with Gasteiger partial charge in [0.25, 0.3) is 0 Å². The Labute approximate surface area is 107 Å². The molecule has 0 saturated heterocycles. The third-order valence-electron chi connectivity index (χ3n) is 4.08. The molecular formula is C15H20F2O. The van der Waals surface area contributed by atoms with Gasteiger partial charge in [0.05, 0.1) is 0 Å². The SMILES string of the molecule is CCCC1CCC(c2ccc(F)c(O)c2F)CC1. The molecule has 0 unspecified atom stereocenters. The number of benzene rings is 1. The molecule has 1 saturated carbocycles. The first-order chi connectivity index (χ1) is 8.63. The van der Waals surface area contributed by atoms with Crippen LogP contribution in [0, 0.1) is 17.6 Å². The quantitative estimate of drug-likeness (QED) is 0.825. The summed E-state index contributed by atoms with van der Waals surface area (Å²) in [7, 11) is 0. The number of phenols is 1. The summed E-state index contributed by atoms with van der Waals surface area (Å²) in [6, 6.07) is 2.64. The Morgan fingerprint density at radius 2 is 1.83 bits per heavy atom. The molecule has 0 amide bonds. The molecule has 1 aliphatic rings. The van der Waals surface area contributed by atoms with Crippen molar-refractivity contribution in [3.05, 3.63) is 29.3 Å². The highest BCUT2D eigenvalue weighted by molar-refractivity contribution is 5.33. The number of halogens is 2. The molecular weight excluding hydrogens is 234 g/mol. The fourth-order valence-electron chi connectivity index (χ4n) is 3.04. The van der Waals surface area contributed by atoms with Crippen LogP contribution in [0.15, 0.2) is 12.1 Å². The Balaban J connectivity index is 2.08. The summed E-state index contributed by atoms with van der Waals surface area (Å²) >= 11 is 0. The van der Waals surface area contributed by atoms with E-state index < -0.39 is 17.4 Å². The first-order valence-corrected chi connectivity index (χ1v) is 6.80. The lowest BCUT2D eigenvalue weighted by molar-refractivity contribution is 0.301.